The summed E-state index contributed by atoms with van der Waals surface area (Å²) in [6, 6.07) is 1.33. The van der Waals surface area contributed by atoms with Gasteiger partial charge in [-0.05, 0) is 38.0 Å². The van der Waals surface area contributed by atoms with Crippen molar-refractivity contribution >= 4 is 0 Å². The van der Waals surface area contributed by atoms with Gasteiger partial charge in [0.05, 0.1) is 0 Å². The van der Waals surface area contributed by atoms with Gasteiger partial charge in [0.15, 0.2) is 0 Å². The van der Waals surface area contributed by atoms with Crippen LogP contribution in [0, 0.1) is 11.8 Å². The summed E-state index contributed by atoms with van der Waals surface area (Å²) in [4.78, 5) is 2.65. The molecule has 0 amide bonds. The molecule has 1 aliphatic heterocycles. The molecule has 3 unspecified atom stereocenters. The Morgan fingerprint density at radius 3 is 2.47 bits per heavy atom. The molecule has 0 aromatic heterocycles. The van der Waals surface area contributed by atoms with Crippen molar-refractivity contribution in [3.8, 4) is 0 Å². The summed E-state index contributed by atoms with van der Waals surface area (Å²) in [6.45, 7) is 11.4. The quantitative estimate of drug-likeness (QED) is 0.776. The summed E-state index contributed by atoms with van der Waals surface area (Å²) in [7, 11) is 0. The van der Waals surface area contributed by atoms with E-state index in [0.29, 0.717) is 6.04 Å². The zero-order valence-corrected chi connectivity index (χ0v) is 10.9. The predicted molar refractivity (Wildman–Crippen MR) is 66.9 cm³/mol. The molecule has 1 aliphatic rings. The lowest BCUT2D eigenvalue weighted by Crippen LogP contribution is -2.50. The normalized spacial score (nSPS) is 30.8. The fraction of sp³-hybridized carbons (Fsp3) is 1.00. The average molecular weight is 212 g/mol. The van der Waals surface area contributed by atoms with Crippen LogP contribution in [-0.2, 0) is 0 Å². The maximum atomic E-state index is 5.92. The zero-order valence-electron chi connectivity index (χ0n) is 10.9. The molecule has 0 aromatic rings. The monoisotopic (exact) mass is 212 g/mol. The molecule has 0 bridgehead atoms. The fourth-order valence-electron chi connectivity index (χ4n) is 2.74. The Hall–Kier alpha value is -0.0800. The summed E-state index contributed by atoms with van der Waals surface area (Å²) in [5, 5.41) is 0. The lowest BCUT2D eigenvalue weighted by molar-refractivity contribution is 0.0700. The van der Waals surface area contributed by atoms with E-state index in [1.807, 2.05) is 0 Å². The Morgan fingerprint density at radius 1 is 1.27 bits per heavy atom. The van der Waals surface area contributed by atoms with E-state index >= 15 is 0 Å². The molecule has 15 heavy (non-hydrogen) atoms. The number of hydrogen-bond donors (Lipinski definition) is 1. The van der Waals surface area contributed by atoms with Gasteiger partial charge in [0, 0.05) is 25.2 Å². The maximum absolute atomic E-state index is 5.92. The largest absolute Gasteiger partial charge is 0.329 e. The fourth-order valence-corrected chi connectivity index (χ4v) is 2.74. The van der Waals surface area contributed by atoms with Gasteiger partial charge in [-0.1, -0.05) is 20.8 Å². The van der Waals surface area contributed by atoms with Gasteiger partial charge in [0.2, 0.25) is 0 Å². The minimum absolute atomic E-state index is 0.600. The van der Waals surface area contributed by atoms with Crippen LogP contribution in [0.5, 0.6) is 0 Å². The van der Waals surface area contributed by atoms with Gasteiger partial charge in [-0.3, -0.25) is 4.90 Å². The SMILES string of the molecule is CC(C)CC(CN)N1CC(C)CCC1C. The third-order valence-electron chi connectivity index (χ3n) is 3.65. The molecule has 1 rings (SSSR count). The maximum Gasteiger partial charge on any atom is 0.0223 e. The molecular formula is C13H28N2. The van der Waals surface area contributed by atoms with E-state index in [1.165, 1.54) is 25.8 Å². The molecule has 2 heteroatoms. The van der Waals surface area contributed by atoms with Crippen molar-refractivity contribution in [3.05, 3.63) is 0 Å². The first-order chi connectivity index (χ1) is 7.04. The highest BCUT2D eigenvalue weighted by Gasteiger charge is 2.28. The molecule has 0 saturated carbocycles. The van der Waals surface area contributed by atoms with Gasteiger partial charge in [-0.25, -0.2) is 0 Å². The van der Waals surface area contributed by atoms with Crippen LogP contribution in [0.25, 0.3) is 0 Å². The summed E-state index contributed by atoms with van der Waals surface area (Å²) in [5.74, 6) is 1.60. The first kappa shape index (κ1) is 13.0. The lowest BCUT2D eigenvalue weighted by atomic mass is 9.91. The lowest BCUT2D eigenvalue weighted by Gasteiger charge is -2.42. The summed E-state index contributed by atoms with van der Waals surface area (Å²) in [5.41, 5.74) is 5.92. The molecule has 1 heterocycles. The van der Waals surface area contributed by atoms with Gasteiger partial charge >= 0.3 is 0 Å². The third kappa shape index (κ3) is 3.76. The molecule has 0 aromatic carbocycles. The molecule has 0 spiro atoms. The van der Waals surface area contributed by atoms with Crippen LogP contribution < -0.4 is 5.73 Å². The van der Waals surface area contributed by atoms with E-state index in [-0.39, 0.29) is 0 Å². The van der Waals surface area contributed by atoms with Gasteiger partial charge in [0.1, 0.15) is 0 Å². The summed E-state index contributed by atoms with van der Waals surface area (Å²) >= 11 is 0. The molecule has 2 N–H and O–H groups in total. The third-order valence-corrected chi connectivity index (χ3v) is 3.65. The van der Waals surface area contributed by atoms with Crippen LogP contribution in [0.1, 0.15) is 47.0 Å². The highest BCUT2D eigenvalue weighted by molar-refractivity contribution is 4.83. The second kappa shape index (κ2) is 5.86. The van der Waals surface area contributed by atoms with Crippen LogP contribution in [0.3, 0.4) is 0 Å². The van der Waals surface area contributed by atoms with Crippen LogP contribution in [-0.4, -0.2) is 30.1 Å². The number of piperidine rings is 1. The molecule has 0 aliphatic carbocycles. The van der Waals surface area contributed by atoms with Gasteiger partial charge in [-0.15, -0.1) is 0 Å². The predicted octanol–water partition coefficient (Wildman–Crippen LogP) is 2.48. The minimum Gasteiger partial charge on any atom is -0.329 e. The van der Waals surface area contributed by atoms with E-state index in [9.17, 15) is 0 Å². The van der Waals surface area contributed by atoms with Gasteiger partial charge < -0.3 is 5.73 Å². The van der Waals surface area contributed by atoms with E-state index < -0.39 is 0 Å². The number of nitrogens with two attached hydrogens (primary N) is 1. The molecule has 0 radical (unpaired) electrons. The summed E-state index contributed by atoms with van der Waals surface area (Å²) in [6.07, 6.45) is 3.97. The molecule has 3 atom stereocenters. The van der Waals surface area contributed by atoms with Crippen LogP contribution in [0.15, 0.2) is 0 Å². The van der Waals surface area contributed by atoms with Crippen molar-refractivity contribution in [2.75, 3.05) is 13.1 Å². The van der Waals surface area contributed by atoms with E-state index in [2.05, 4.69) is 32.6 Å². The highest BCUT2D eigenvalue weighted by Crippen LogP contribution is 2.25. The smallest absolute Gasteiger partial charge is 0.0223 e. The van der Waals surface area contributed by atoms with Gasteiger partial charge in [0.25, 0.3) is 0 Å². The standard InChI is InChI=1S/C13H28N2/c1-10(2)7-13(8-14)15-9-11(3)5-6-12(15)4/h10-13H,5-9,14H2,1-4H3. The zero-order chi connectivity index (χ0) is 11.4. The van der Waals surface area contributed by atoms with Gasteiger partial charge in [-0.2, -0.15) is 0 Å². The second-order valence-electron chi connectivity index (χ2n) is 5.75. The Bertz CT molecular complexity index is 179. The summed E-state index contributed by atoms with van der Waals surface area (Å²) < 4.78 is 0. The van der Waals surface area contributed by atoms with Crippen molar-refractivity contribution in [3.63, 3.8) is 0 Å². The van der Waals surface area contributed by atoms with Crippen LogP contribution in [0.2, 0.25) is 0 Å². The minimum atomic E-state index is 0.600. The van der Waals surface area contributed by atoms with Crippen LogP contribution >= 0.6 is 0 Å². The number of hydrogen-bond acceptors (Lipinski definition) is 2. The Kier molecular flexibility index (Phi) is 5.07. The molecular weight excluding hydrogens is 184 g/mol. The van der Waals surface area contributed by atoms with Crippen molar-refractivity contribution in [2.24, 2.45) is 17.6 Å². The Balaban J connectivity index is 2.56. The van der Waals surface area contributed by atoms with E-state index in [1.54, 1.807) is 0 Å². The Morgan fingerprint density at radius 2 is 1.93 bits per heavy atom. The highest BCUT2D eigenvalue weighted by atomic mass is 15.2. The number of rotatable bonds is 4. The van der Waals surface area contributed by atoms with Crippen molar-refractivity contribution in [1.29, 1.82) is 0 Å². The molecule has 1 fully saturated rings. The number of nitrogens with zero attached hydrogens (tertiary/aromatic N) is 1. The van der Waals surface area contributed by atoms with Crippen LogP contribution in [0.4, 0.5) is 0 Å². The van der Waals surface area contributed by atoms with Crippen molar-refractivity contribution in [2.45, 2.75) is 59.0 Å². The topological polar surface area (TPSA) is 29.3 Å². The van der Waals surface area contributed by atoms with E-state index in [4.69, 9.17) is 5.73 Å². The average Bonchev–Trinajstić information content (AvgIpc) is 2.18. The first-order valence-electron chi connectivity index (χ1n) is 6.50. The van der Waals surface area contributed by atoms with E-state index in [0.717, 1.165) is 24.4 Å². The Labute approximate surface area is 95.2 Å². The molecule has 2 nitrogen and oxygen atoms in total. The second-order valence-corrected chi connectivity index (χ2v) is 5.75. The van der Waals surface area contributed by atoms with Crippen molar-refractivity contribution < 1.29 is 0 Å². The first-order valence-corrected chi connectivity index (χ1v) is 6.50. The van der Waals surface area contributed by atoms with Crippen molar-refractivity contribution in [1.82, 2.24) is 4.90 Å². The molecule has 1 saturated heterocycles. The number of likely N-dealkylation sites (tertiary alicyclic amines) is 1. The molecule has 90 valence electrons.